The highest BCUT2D eigenvalue weighted by molar-refractivity contribution is 7.51. The average molecular weight is 712 g/mol. The first-order valence-corrected chi connectivity index (χ1v) is 22.6. The Bertz CT molecular complexity index is 754. The maximum Gasteiger partial charge on any atom is 0.405 e. The van der Waals surface area contributed by atoms with Crippen molar-refractivity contribution in [2.75, 3.05) is 26.3 Å². The van der Waals surface area contributed by atoms with Gasteiger partial charge in [-0.15, -0.1) is 0 Å². The normalized spacial score (nSPS) is 12.1. The summed E-state index contributed by atoms with van der Waals surface area (Å²) in [6, 6.07) is 0. The van der Waals surface area contributed by atoms with Crippen molar-refractivity contribution in [1.29, 1.82) is 0 Å². The number of hydrogen-bond acceptors (Lipinski definition) is 3. The minimum atomic E-state index is -3.31. The summed E-state index contributed by atoms with van der Waals surface area (Å²) in [6.45, 7) is 6.76. The zero-order chi connectivity index (χ0) is 35.8. The zero-order valence-corrected chi connectivity index (χ0v) is 33.6. The number of rotatable bonds is 40. The highest BCUT2D eigenvalue weighted by Gasteiger charge is 2.23. The van der Waals surface area contributed by atoms with E-state index in [9.17, 15) is 4.57 Å². The fourth-order valence-corrected chi connectivity index (χ4v) is 7.32. The highest BCUT2D eigenvalue weighted by atomic mass is 31.2. The number of nitrogens with two attached hydrogens (primary N) is 2. The second kappa shape index (κ2) is 39.6. The molecule has 7 nitrogen and oxygen atoms in total. The van der Waals surface area contributed by atoms with Gasteiger partial charge in [0.05, 0.1) is 19.8 Å². The molecular weight excluding hydrogens is 627 g/mol. The van der Waals surface area contributed by atoms with Gasteiger partial charge in [0, 0.05) is 6.54 Å². The van der Waals surface area contributed by atoms with E-state index in [0.717, 1.165) is 38.5 Å². The van der Waals surface area contributed by atoms with Gasteiger partial charge in [-0.3, -0.25) is 25.5 Å². The van der Waals surface area contributed by atoms with E-state index in [1.54, 1.807) is 0 Å². The van der Waals surface area contributed by atoms with E-state index in [2.05, 4.69) is 48.2 Å². The fraction of sp³-hybridized carbons (Fsp3) is 0.878. The molecule has 0 aromatic heterocycles. The predicted molar refractivity (Wildman–Crippen MR) is 215 cm³/mol. The molecule has 0 aromatic carbocycles. The Hall–Kier alpha value is -1.14. The van der Waals surface area contributed by atoms with Gasteiger partial charge in [0.25, 0.3) is 0 Å². The number of guanidine groups is 1. The molecule has 0 aliphatic rings. The molecule has 0 aliphatic heterocycles. The molecule has 0 fully saturated rings. The van der Waals surface area contributed by atoms with Crippen molar-refractivity contribution in [1.82, 2.24) is 5.09 Å². The van der Waals surface area contributed by atoms with Gasteiger partial charge in [-0.25, -0.2) is 9.65 Å². The highest BCUT2D eigenvalue weighted by Crippen LogP contribution is 2.44. The van der Waals surface area contributed by atoms with Crippen molar-refractivity contribution in [2.45, 2.75) is 206 Å². The molecular formula is C41H84N4O3P+. The van der Waals surface area contributed by atoms with Crippen molar-refractivity contribution in [3.8, 4) is 0 Å². The predicted octanol–water partition coefficient (Wildman–Crippen LogP) is 10.9. The van der Waals surface area contributed by atoms with Gasteiger partial charge in [0.2, 0.25) is 0 Å². The van der Waals surface area contributed by atoms with E-state index in [4.69, 9.17) is 20.5 Å². The van der Waals surface area contributed by atoms with Crippen LogP contribution in [0.1, 0.15) is 206 Å². The van der Waals surface area contributed by atoms with Crippen LogP contribution >= 0.6 is 7.75 Å². The largest absolute Gasteiger partial charge is 0.405 e. The molecule has 0 unspecified atom stereocenters. The smallest absolute Gasteiger partial charge is 0.297 e. The van der Waals surface area contributed by atoms with Crippen LogP contribution < -0.4 is 21.5 Å². The lowest BCUT2D eigenvalue weighted by atomic mass is 10.1. The molecule has 0 saturated heterocycles. The summed E-state index contributed by atoms with van der Waals surface area (Å²) in [5, 5.41) is 3.09. The Kier molecular flexibility index (Phi) is 38.7. The van der Waals surface area contributed by atoms with Gasteiger partial charge in [0.1, 0.15) is 0 Å². The average Bonchev–Trinajstić information content (AvgIpc) is 3.09. The third kappa shape index (κ3) is 39.5. The minimum absolute atomic E-state index is 0.233. The standard InChI is InChI=1S/C41H83N4O3P/c1-3-5-7-9-11-13-15-17-19-21-23-25-27-29-31-35-39-47-49(46,45-38-34-33-37-44-41(42)43)48-40-36-32-30-28-26-24-22-20-18-16-14-12-10-8-6-4-2/h17-20H,3-16,21-40H2,1-2H3,(H,45,46)(H4,42,43,44)/p+1/b19-17+,20-18+. The van der Waals surface area contributed by atoms with E-state index < -0.39 is 7.75 Å². The van der Waals surface area contributed by atoms with E-state index in [1.807, 2.05) is 0 Å². The van der Waals surface area contributed by atoms with E-state index >= 15 is 0 Å². The zero-order valence-electron chi connectivity index (χ0n) is 32.7. The van der Waals surface area contributed by atoms with E-state index in [1.165, 1.54) is 154 Å². The number of unbranched alkanes of at least 4 members (excludes halogenated alkanes) is 25. The summed E-state index contributed by atoms with van der Waals surface area (Å²) in [5.41, 5.74) is 10.9. The van der Waals surface area contributed by atoms with Crippen LogP contribution in [0.3, 0.4) is 0 Å². The molecule has 0 radical (unpaired) electrons. The molecule has 290 valence electrons. The molecule has 8 heteroatoms. The molecule has 0 aliphatic carbocycles. The van der Waals surface area contributed by atoms with Crippen molar-refractivity contribution in [3.63, 3.8) is 0 Å². The molecule has 0 atom stereocenters. The van der Waals surface area contributed by atoms with Crippen molar-refractivity contribution < 1.29 is 18.6 Å². The SMILES string of the molecule is CCCCCCCC/C=C/CCCCCCCCOP(=O)(NCCCC[NH+]=C(N)N)OCCCCCCCC/C=C/CCCCCCCC. The van der Waals surface area contributed by atoms with Gasteiger partial charge in [-0.1, -0.05) is 154 Å². The Labute approximate surface area is 305 Å². The lowest BCUT2D eigenvalue weighted by molar-refractivity contribution is -0.459. The molecule has 0 saturated carbocycles. The Morgan fingerprint density at radius 1 is 0.510 bits per heavy atom. The van der Waals surface area contributed by atoms with E-state index in [0.29, 0.717) is 26.3 Å². The number of hydrogen-bond donors (Lipinski definition) is 4. The van der Waals surface area contributed by atoms with Crippen molar-refractivity contribution in [3.05, 3.63) is 24.3 Å². The maximum absolute atomic E-state index is 13.4. The molecule has 49 heavy (non-hydrogen) atoms. The topological polar surface area (TPSA) is 114 Å². The van der Waals surface area contributed by atoms with Gasteiger partial charge >= 0.3 is 13.7 Å². The Morgan fingerprint density at radius 3 is 1.22 bits per heavy atom. The Balaban J connectivity index is 4.01. The van der Waals surface area contributed by atoms with Gasteiger partial charge in [-0.2, -0.15) is 0 Å². The molecule has 0 heterocycles. The van der Waals surface area contributed by atoms with Crippen molar-refractivity contribution >= 4 is 13.7 Å². The molecule has 0 amide bonds. The van der Waals surface area contributed by atoms with Gasteiger partial charge in [-0.05, 0) is 77.0 Å². The van der Waals surface area contributed by atoms with Crippen LogP contribution in [0.15, 0.2) is 24.3 Å². The second-order valence-corrected chi connectivity index (χ2v) is 15.9. The molecule has 0 aromatic rings. The number of nitrogens with one attached hydrogen (secondary N) is 2. The molecule has 0 rings (SSSR count). The summed E-state index contributed by atoms with van der Waals surface area (Å²) >= 11 is 0. The van der Waals surface area contributed by atoms with Gasteiger partial charge < -0.3 is 0 Å². The summed E-state index contributed by atoms with van der Waals surface area (Å²) in [5.74, 6) is 0.233. The second-order valence-electron chi connectivity index (χ2n) is 14.0. The van der Waals surface area contributed by atoms with Crippen molar-refractivity contribution in [2.24, 2.45) is 11.5 Å². The first-order valence-electron chi connectivity index (χ1n) is 21.1. The first-order chi connectivity index (χ1) is 24.0. The minimum Gasteiger partial charge on any atom is -0.297 e. The lowest BCUT2D eigenvalue weighted by Gasteiger charge is -2.19. The quantitative estimate of drug-likeness (QED) is 0.0165. The van der Waals surface area contributed by atoms with Crippen LogP contribution in [-0.4, -0.2) is 32.3 Å². The summed E-state index contributed by atoms with van der Waals surface area (Å²) in [4.78, 5) is 2.92. The van der Waals surface area contributed by atoms with Crippen LogP contribution in [0.25, 0.3) is 0 Å². The van der Waals surface area contributed by atoms with Crippen LogP contribution in [0.2, 0.25) is 0 Å². The summed E-state index contributed by atoms with van der Waals surface area (Å²) in [7, 11) is -3.31. The van der Waals surface area contributed by atoms with Crippen LogP contribution in [0.5, 0.6) is 0 Å². The van der Waals surface area contributed by atoms with E-state index in [-0.39, 0.29) is 5.96 Å². The fourth-order valence-electron chi connectivity index (χ4n) is 5.90. The first kappa shape index (κ1) is 47.9. The Morgan fingerprint density at radius 2 is 0.857 bits per heavy atom. The monoisotopic (exact) mass is 712 g/mol. The maximum atomic E-state index is 13.4. The summed E-state index contributed by atoms with van der Waals surface area (Å²) < 4.78 is 25.2. The van der Waals surface area contributed by atoms with Gasteiger partial charge in [0.15, 0.2) is 0 Å². The number of allylic oxidation sites excluding steroid dienone is 4. The third-order valence-corrected chi connectivity index (χ3v) is 10.7. The molecule has 6 N–H and O–H groups in total. The molecule has 0 spiro atoms. The van der Waals surface area contributed by atoms with Crippen LogP contribution in [-0.2, 0) is 13.6 Å². The lowest BCUT2D eigenvalue weighted by Crippen LogP contribution is -2.78. The molecule has 0 bridgehead atoms. The van der Waals surface area contributed by atoms with Crippen LogP contribution in [0.4, 0.5) is 0 Å². The summed E-state index contributed by atoms with van der Waals surface area (Å²) in [6.07, 6.45) is 46.7. The van der Waals surface area contributed by atoms with Crippen LogP contribution in [0, 0.1) is 0 Å². The third-order valence-electron chi connectivity index (χ3n) is 9.07.